The molecule has 0 saturated carbocycles. The molecule has 0 saturated heterocycles. The highest BCUT2D eigenvalue weighted by molar-refractivity contribution is 7.80. The number of nitriles is 1. The Kier molecular flexibility index (Phi) is 4.84. The highest BCUT2D eigenvalue weighted by Crippen LogP contribution is 2.36. The van der Waals surface area contributed by atoms with Crippen LogP contribution in [0.25, 0.3) is 0 Å². The summed E-state index contributed by atoms with van der Waals surface area (Å²) in [5.74, 6) is -0.793. The van der Waals surface area contributed by atoms with Crippen molar-refractivity contribution in [2.24, 2.45) is 0 Å². The highest BCUT2D eigenvalue weighted by Gasteiger charge is 2.35. The summed E-state index contributed by atoms with van der Waals surface area (Å²) in [5, 5.41) is 8.78. The van der Waals surface area contributed by atoms with Crippen LogP contribution in [-0.4, -0.2) is 12.6 Å². The van der Waals surface area contributed by atoms with E-state index in [0.29, 0.717) is 0 Å². The third-order valence-corrected chi connectivity index (χ3v) is 2.85. The molecule has 0 unspecified atom stereocenters. The number of alkyl halides is 3. The summed E-state index contributed by atoms with van der Waals surface area (Å²) in [4.78, 5) is 11.2. The van der Waals surface area contributed by atoms with Gasteiger partial charge in [-0.2, -0.15) is 18.4 Å². The minimum Gasteiger partial charge on any atom is -0.466 e. The monoisotopic (exact) mass is 289 g/mol. The van der Waals surface area contributed by atoms with Gasteiger partial charge in [0.2, 0.25) is 0 Å². The second kappa shape index (κ2) is 5.97. The quantitative estimate of drug-likeness (QED) is 0.687. The van der Waals surface area contributed by atoms with Crippen molar-refractivity contribution in [3.63, 3.8) is 0 Å². The number of thiol groups is 1. The molecule has 0 spiro atoms. The number of hydrogen-bond acceptors (Lipinski definition) is 4. The summed E-state index contributed by atoms with van der Waals surface area (Å²) in [6, 6.07) is 3.52. The van der Waals surface area contributed by atoms with Crippen LogP contribution in [0.4, 0.5) is 13.2 Å². The van der Waals surface area contributed by atoms with E-state index in [4.69, 9.17) is 5.26 Å². The first-order valence-corrected chi connectivity index (χ1v) is 5.73. The van der Waals surface area contributed by atoms with Crippen molar-refractivity contribution in [1.82, 2.24) is 0 Å². The molecule has 0 atom stereocenters. The van der Waals surface area contributed by atoms with E-state index in [-0.39, 0.29) is 22.6 Å². The van der Waals surface area contributed by atoms with Crippen LogP contribution in [0.5, 0.6) is 0 Å². The van der Waals surface area contributed by atoms with Gasteiger partial charge >= 0.3 is 12.1 Å². The maximum absolute atomic E-state index is 12.8. The molecule has 0 bridgehead atoms. The summed E-state index contributed by atoms with van der Waals surface area (Å²) in [7, 11) is 0. The van der Waals surface area contributed by atoms with E-state index in [1.807, 2.05) is 0 Å². The van der Waals surface area contributed by atoms with Crippen molar-refractivity contribution in [2.75, 3.05) is 6.61 Å². The van der Waals surface area contributed by atoms with Crippen molar-refractivity contribution < 1.29 is 22.7 Å². The zero-order valence-electron chi connectivity index (χ0n) is 9.91. The molecule has 1 rings (SSSR count). The maximum atomic E-state index is 12.8. The molecule has 0 N–H and O–H groups in total. The van der Waals surface area contributed by atoms with Crippen LogP contribution in [-0.2, 0) is 22.1 Å². The molecule has 0 aromatic heterocycles. The van der Waals surface area contributed by atoms with Crippen molar-refractivity contribution in [2.45, 2.75) is 24.4 Å². The third kappa shape index (κ3) is 3.64. The fourth-order valence-corrected chi connectivity index (χ4v) is 1.85. The molecule has 7 heteroatoms. The molecule has 0 aliphatic heterocycles. The molecule has 0 aliphatic carbocycles. The normalized spacial score (nSPS) is 10.9. The Morgan fingerprint density at radius 3 is 2.58 bits per heavy atom. The Labute approximate surface area is 113 Å². The topological polar surface area (TPSA) is 50.1 Å². The number of carbonyl (C=O) groups is 1. The van der Waals surface area contributed by atoms with Gasteiger partial charge in [0.25, 0.3) is 0 Å². The maximum Gasteiger partial charge on any atom is 0.416 e. The minimum absolute atomic E-state index is 0.0179. The number of hydrogen-bond donors (Lipinski definition) is 1. The van der Waals surface area contributed by atoms with E-state index >= 15 is 0 Å². The largest absolute Gasteiger partial charge is 0.466 e. The number of ether oxygens (including phenoxy) is 1. The molecule has 1 aromatic rings. The summed E-state index contributed by atoms with van der Waals surface area (Å²) >= 11 is 3.91. The molecule has 0 aliphatic rings. The predicted molar refractivity (Wildman–Crippen MR) is 63.7 cm³/mol. The Balaban J connectivity index is 3.32. The smallest absolute Gasteiger partial charge is 0.416 e. The average Bonchev–Trinajstić information content (AvgIpc) is 2.30. The Bertz CT molecular complexity index is 535. The molecule has 19 heavy (non-hydrogen) atoms. The predicted octanol–water partition coefficient (Wildman–Crippen LogP) is 2.97. The van der Waals surface area contributed by atoms with Crippen LogP contribution in [0, 0.1) is 11.3 Å². The lowest BCUT2D eigenvalue weighted by atomic mass is 10.0. The van der Waals surface area contributed by atoms with Gasteiger partial charge in [0.15, 0.2) is 0 Å². The van der Waals surface area contributed by atoms with Crippen molar-refractivity contribution in [3.05, 3.63) is 28.8 Å². The van der Waals surface area contributed by atoms with E-state index in [1.54, 1.807) is 13.0 Å². The van der Waals surface area contributed by atoms with Crippen molar-refractivity contribution in [3.8, 4) is 6.07 Å². The molecule has 0 amide bonds. The first-order valence-electron chi connectivity index (χ1n) is 5.29. The lowest BCUT2D eigenvalue weighted by Gasteiger charge is -2.15. The molecule has 1 aromatic carbocycles. The fourth-order valence-electron chi connectivity index (χ4n) is 1.53. The first kappa shape index (κ1) is 15.4. The lowest BCUT2D eigenvalue weighted by Crippen LogP contribution is -2.15. The zero-order valence-corrected chi connectivity index (χ0v) is 10.8. The average molecular weight is 289 g/mol. The van der Waals surface area contributed by atoms with Gasteiger partial charge < -0.3 is 4.74 Å². The summed E-state index contributed by atoms with van der Waals surface area (Å²) in [6.07, 6.45) is -5.19. The van der Waals surface area contributed by atoms with Crippen LogP contribution < -0.4 is 0 Å². The molecular weight excluding hydrogens is 279 g/mol. The summed E-state index contributed by atoms with van der Waals surface area (Å²) in [6.45, 7) is 1.62. The number of esters is 1. The second-order valence-corrected chi connectivity index (χ2v) is 4.03. The molecular formula is C12H10F3NO2S. The van der Waals surface area contributed by atoms with E-state index in [0.717, 1.165) is 12.1 Å². The van der Waals surface area contributed by atoms with E-state index < -0.39 is 24.1 Å². The van der Waals surface area contributed by atoms with Gasteiger partial charge in [-0.1, -0.05) is 0 Å². The number of carbonyl (C=O) groups excluding carboxylic acids is 1. The highest BCUT2D eigenvalue weighted by atomic mass is 32.1. The summed E-state index contributed by atoms with van der Waals surface area (Å²) in [5.41, 5.74) is -1.34. The van der Waals surface area contributed by atoms with Gasteiger partial charge in [0, 0.05) is 4.90 Å². The van der Waals surface area contributed by atoms with Gasteiger partial charge in [0.05, 0.1) is 24.2 Å². The van der Waals surface area contributed by atoms with E-state index in [1.165, 1.54) is 0 Å². The Morgan fingerprint density at radius 1 is 1.47 bits per heavy atom. The van der Waals surface area contributed by atoms with Gasteiger partial charge in [0.1, 0.15) is 6.07 Å². The van der Waals surface area contributed by atoms with Gasteiger partial charge in [-0.15, -0.1) is 12.6 Å². The van der Waals surface area contributed by atoms with Crippen molar-refractivity contribution >= 4 is 18.6 Å². The second-order valence-electron chi connectivity index (χ2n) is 3.58. The van der Waals surface area contributed by atoms with Crippen LogP contribution in [0.15, 0.2) is 17.0 Å². The van der Waals surface area contributed by atoms with Gasteiger partial charge in [-0.25, -0.2) is 0 Å². The number of nitrogens with zero attached hydrogens (tertiary/aromatic N) is 1. The van der Waals surface area contributed by atoms with E-state index in [9.17, 15) is 18.0 Å². The number of rotatable bonds is 3. The van der Waals surface area contributed by atoms with Crippen LogP contribution in [0.1, 0.15) is 23.6 Å². The minimum atomic E-state index is -4.62. The van der Waals surface area contributed by atoms with E-state index in [2.05, 4.69) is 17.4 Å². The number of benzene rings is 1. The fraction of sp³-hybridized carbons (Fsp3) is 0.333. The molecule has 0 fully saturated rings. The zero-order chi connectivity index (χ0) is 14.6. The van der Waals surface area contributed by atoms with Gasteiger partial charge in [-0.05, 0) is 24.6 Å². The Hall–Kier alpha value is -1.68. The SMILES string of the molecule is CCOC(=O)Cc1c(C(F)(F)F)ccc(C#N)c1S. The molecule has 0 radical (unpaired) electrons. The Morgan fingerprint density at radius 2 is 2.11 bits per heavy atom. The van der Waals surface area contributed by atoms with Crippen LogP contribution in [0.3, 0.4) is 0 Å². The first-order chi connectivity index (χ1) is 8.81. The lowest BCUT2D eigenvalue weighted by molar-refractivity contribution is -0.143. The molecule has 0 heterocycles. The molecule has 102 valence electrons. The van der Waals surface area contributed by atoms with Crippen LogP contribution in [0.2, 0.25) is 0 Å². The van der Waals surface area contributed by atoms with Crippen LogP contribution >= 0.6 is 12.6 Å². The van der Waals surface area contributed by atoms with Crippen molar-refractivity contribution in [1.29, 1.82) is 5.26 Å². The molecule has 3 nitrogen and oxygen atoms in total. The number of halogens is 3. The summed E-state index contributed by atoms with van der Waals surface area (Å²) < 4.78 is 43.1. The standard InChI is InChI=1S/C12H10F3NO2S/c1-2-18-10(17)5-8-9(12(13,14)15)4-3-7(6-16)11(8)19/h3-4,19H,2,5H2,1H3. The van der Waals surface area contributed by atoms with Gasteiger partial charge in [-0.3, -0.25) is 4.79 Å². The third-order valence-electron chi connectivity index (χ3n) is 2.34.